The van der Waals surface area contributed by atoms with E-state index >= 15 is 0 Å². The second kappa shape index (κ2) is 9.54. The minimum absolute atomic E-state index is 0.0165. The molecule has 3 fully saturated rings. The van der Waals surface area contributed by atoms with Gasteiger partial charge in [-0.1, -0.05) is 60.3 Å². The molecule has 0 radical (unpaired) electrons. The molecule has 4 rings (SSSR count). The van der Waals surface area contributed by atoms with Crippen molar-refractivity contribution in [3.63, 3.8) is 0 Å². The van der Waals surface area contributed by atoms with Gasteiger partial charge in [-0.2, -0.15) is 0 Å². The fourth-order valence-corrected chi connectivity index (χ4v) is 5.43. The van der Waals surface area contributed by atoms with Crippen LogP contribution in [0.5, 0.6) is 0 Å². The molecule has 1 saturated heterocycles. The monoisotopic (exact) mass is 474 g/mol. The van der Waals surface area contributed by atoms with Crippen LogP contribution < -0.4 is 5.32 Å². The van der Waals surface area contributed by atoms with Gasteiger partial charge in [0.1, 0.15) is 12.6 Å². The number of amides is 2. The Morgan fingerprint density at radius 3 is 2.70 bits per heavy atom. The van der Waals surface area contributed by atoms with Crippen molar-refractivity contribution >= 4 is 33.8 Å². The van der Waals surface area contributed by atoms with E-state index in [0.29, 0.717) is 11.7 Å². The molecule has 5 nitrogen and oxygen atoms in total. The van der Waals surface area contributed by atoms with Gasteiger partial charge in [0, 0.05) is 10.5 Å². The summed E-state index contributed by atoms with van der Waals surface area (Å²) in [5.41, 5.74) is 0.899. The van der Waals surface area contributed by atoms with Gasteiger partial charge in [-0.05, 0) is 55.7 Å². The van der Waals surface area contributed by atoms with Gasteiger partial charge in [0.25, 0.3) is 5.91 Å². The number of rotatable bonds is 4. The molecule has 0 spiro atoms. The Morgan fingerprint density at radius 1 is 1.17 bits per heavy atom. The third kappa shape index (κ3) is 4.74. The molecular weight excluding hydrogens is 444 g/mol. The Hall–Kier alpha value is -1.82. The van der Waals surface area contributed by atoms with E-state index in [0.717, 1.165) is 55.0 Å². The summed E-state index contributed by atoms with van der Waals surface area (Å²) in [4.78, 5) is 28.0. The van der Waals surface area contributed by atoms with E-state index in [2.05, 4.69) is 28.2 Å². The smallest absolute Gasteiger partial charge is 0.289 e. The summed E-state index contributed by atoms with van der Waals surface area (Å²) >= 11 is 3.54. The zero-order valence-corrected chi connectivity index (χ0v) is 19.2. The predicted octanol–water partition coefficient (Wildman–Crippen LogP) is 4.65. The van der Waals surface area contributed by atoms with E-state index < -0.39 is 0 Å². The van der Waals surface area contributed by atoms with Crippen molar-refractivity contribution in [1.29, 1.82) is 0 Å². The van der Waals surface area contributed by atoms with Crippen molar-refractivity contribution in [1.82, 2.24) is 10.2 Å². The molecule has 2 amide bonds. The number of hydrogen-bond acceptors (Lipinski definition) is 3. The summed E-state index contributed by atoms with van der Waals surface area (Å²) in [6, 6.07) is 7.97. The van der Waals surface area contributed by atoms with E-state index in [1.165, 1.54) is 6.42 Å². The second-order valence-electron chi connectivity index (χ2n) is 8.91. The SMILES string of the molecule is CC1CCCCC1NC(=O)CN1C(=O)/C(=C\c2ccccc2Br)OC2CCCCC21. The highest BCUT2D eigenvalue weighted by atomic mass is 79.9. The summed E-state index contributed by atoms with van der Waals surface area (Å²) in [7, 11) is 0. The molecular formula is C24H31BrN2O3. The molecule has 3 aliphatic rings. The van der Waals surface area contributed by atoms with Gasteiger partial charge in [0.15, 0.2) is 5.76 Å². The summed E-state index contributed by atoms with van der Waals surface area (Å²) in [5.74, 6) is 0.606. The highest BCUT2D eigenvalue weighted by molar-refractivity contribution is 9.10. The average Bonchev–Trinajstić information content (AvgIpc) is 2.74. The maximum absolute atomic E-state index is 13.3. The number of morpholine rings is 1. The first-order valence-corrected chi connectivity index (χ1v) is 12.1. The van der Waals surface area contributed by atoms with Crippen LogP contribution in [0.3, 0.4) is 0 Å². The van der Waals surface area contributed by atoms with Crippen LogP contribution in [0.15, 0.2) is 34.5 Å². The molecule has 0 aromatic heterocycles. The van der Waals surface area contributed by atoms with Crippen molar-refractivity contribution in [3.8, 4) is 0 Å². The lowest BCUT2D eigenvalue weighted by molar-refractivity contribution is -0.152. The maximum atomic E-state index is 13.3. The average molecular weight is 475 g/mol. The molecule has 30 heavy (non-hydrogen) atoms. The molecule has 2 aliphatic carbocycles. The van der Waals surface area contributed by atoms with Gasteiger partial charge in [0.05, 0.1) is 6.04 Å². The third-order valence-electron chi connectivity index (χ3n) is 6.78. The van der Waals surface area contributed by atoms with Crippen LogP contribution in [0.1, 0.15) is 63.9 Å². The number of ether oxygens (including phenoxy) is 1. The molecule has 1 heterocycles. The Labute approximate surface area is 187 Å². The van der Waals surface area contributed by atoms with Crippen LogP contribution in [0.25, 0.3) is 6.08 Å². The lowest BCUT2D eigenvalue weighted by Crippen LogP contribution is -2.57. The standard InChI is InChI=1S/C24H31BrN2O3/c1-16-8-2-5-11-19(16)26-23(28)15-27-20-12-6-7-13-21(20)30-22(24(27)29)14-17-9-3-4-10-18(17)25/h3-4,9-10,14,16,19-21H,2,5-8,11-13,15H2,1H3,(H,26,28)/b22-14+. The summed E-state index contributed by atoms with van der Waals surface area (Å²) < 4.78 is 7.07. The topological polar surface area (TPSA) is 58.6 Å². The molecule has 1 aliphatic heterocycles. The number of halogens is 1. The zero-order valence-electron chi connectivity index (χ0n) is 17.6. The number of carbonyl (C=O) groups excluding carboxylic acids is 2. The van der Waals surface area contributed by atoms with Crippen LogP contribution in [0.4, 0.5) is 0 Å². The van der Waals surface area contributed by atoms with Crippen LogP contribution in [-0.4, -0.2) is 41.4 Å². The number of benzene rings is 1. The van der Waals surface area contributed by atoms with E-state index in [4.69, 9.17) is 4.74 Å². The van der Waals surface area contributed by atoms with Crippen molar-refractivity contribution < 1.29 is 14.3 Å². The van der Waals surface area contributed by atoms with E-state index in [9.17, 15) is 9.59 Å². The van der Waals surface area contributed by atoms with Crippen molar-refractivity contribution in [2.24, 2.45) is 5.92 Å². The van der Waals surface area contributed by atoms with Crippen LogP contribution in [0, 0.1) is 5.92 Å². The second-order valence-corrected chi connectivity index (χ2v) is 9.76. The van der Waals surface area contributed by atoms with Crippen molar-refractivity contribution in [3.05, 3.63) is 40.1 Å². The Kier molecular flexibility index (Phi) is 6.81. The van der Waals surface area contributed by atoms with E-state index in [-0.39, 0.29) is 36.5 Å². The normalized spacial score (nSPS) is 30.5. The van der Waals surface area contributed by atoms with Gasteiger partial charge in [-0.3, -0.25) is 9.59 Å². The van der Waals surface area contributed by atoms with Crippen LogP contribution >= 0.6 is 15.9 Å². The number of carbonyl (C=O) groups is 2. The molecule has 1 aromatic carbocycles. The first kappa shape index (κ1) is 21.4. The quantitative estimate of drug-likeness (QED) is 0.645. The molecule has 0 bridgehead atoms. The van der Waals surface area contributed by atoms with E-state index in [1.807, 2.05) is 24.3 Å². The van der Waals surface area contributed by atoms with Gasteiger partial charge >= 0.3 is 0 Å². The summed E-state index contributed by atoms with van der Waals surface area (Å²) in [6.07, 6.45) is 10.3. The maximum Gasteiger partial charge on any atom is 0.289 e. The first-order valence-electron chi connectivity index (χ1n) is 11.3. The molecule has 162 valence electrons. The molecule has 1 aromatic rings. The zero-order chi connectivity index (χ0) is 21.1. The van der Waals surface area contributed by atoms with Gasteiger partial charge < -0.3 is 15.0 Å². The fraction of sp³-hybridized carbons (Fsp3) is 0.583. The fourth-order valence-electron chi connectivity index (χ4n) is 5.03. The van der Waals surface area contributed by atoms with Gasteiger partial charge in [-0.15, -0.1) is 0 Å². The molecule has 1 N–H and O–H groups in total. The van der Waals surface area contributed by atoms with E-state index in [1.54, 1.807) is 11.0 Å². The van der Waals surface area contributed by atoms with Crippen molar-refractivity contribution in [2.75, 3.05) is 6.54 Å². The number of hydrogen-bond donors (Lipinski definition) is 1. The van der Waals surface area contributed by atoms with Crippen molar-refractivity contribution in [2.45, 2.75) is 76.5 Å². The summed E-state index contributed by atoms with van der Waals surface area (Å²) in [6.45, 7) is 2.32. The number of nitrogens with zero attached hydrogens (tertiary/aromatic N) is 1. The molecule has 6 heteroatoms. The largest absolute Gasteiger partial charge is 0.482 e. The van der Waals surface area contributed by atoms with Gasteiger partial charge in [-0.25, -0.2) is 0 Å². The van der Waals surface area contributed by atoms with Crippen LogP contribution in [-0.2, 0) is 14.3 Å². The number of nitrogens with one attached hydrogen (secondary N) is 1. The van der Waals surface area contributed by atoms with Gasteiger partial charge in [0.2, 0.25) is 5.91 Å². The highest BCUT2D eigenvalue weighted by Gasteiger charge is 2.42. The minimum atomic E-state index is -0.180. The number of fused-ring (bicyclic) bond motifs is 1. The summed E-state index contributed by atoms with van der Waals surface area (Å²) in [5, 5.41) is 3.21. The first-order chi connectivity index (χ1) is 14.5. The Morgan fingerprint density at radius 2 is 1.90 bits per heavy atom. The molecule has 4 unspecified atom stereocenters. The predicted molar refractivity (Wildman–Crippen MR) is 121 cm³/mol. The lowest BCUT2D eigenvalue weighted by atomic mass is 9.86. The minimum Gasteiger partial charge on any atom is -0.482 e. The third-order valence-corrected chi connectivity index (χ3v) is 7.50. The Balaban J connectivity index is 1.52. The lowest BCUT2D eigenvalue weighted by Gasteiger charge is -2.44. The molecule has 4 atom stereocenters. The highest BCUT2D eigenvalue weighted by Crippen LogP contribution is 2.34. The van der Waals surface area contributed by atoms with Crippen LogP contribution in [0.2, 0.25) is 0 Å². The Bertz CT molecular complexity index is 824. The molecule has 2 saturated carbocycles.